The molecular formula is C13H20ClNO. The third kappa shape index (κ3) is 4.03. The number of halogens is 1. The van der Waals surface area contributed by atoms with Gasteiger partial charge in [-0.3, -0.25) is 0 Å². The number of rotatable bonds is 5. The van der Waals surface area contributed by atoms with E-state index in [9.17, 15) is 0 Å². The fourth-order valence-corrected chi connectivity index (χ4v) is 2.06. The maximum absolute atomic E-state index is 5.99. The molecule has 90 valence electrons. The van der Waals surface area contributed by atoms with Gasteiger partial charge < -0.3 is 10.1 Å². The van der Waals surface area contributed by atoms with Crippen molar-refractivity contribution in [2.24, 2.45) is 0 Å². The Morgan fingerprint density at radius 2 is 2.00 bits per heavy atom. The summed E-state index contributed by atoms with van der Waals surface area (Å²) in [5.74, 6) is 0.904. The molecule has 0 amide bonds. The van der Waals surface area contributed by atoms with Gasteiger partial charge in [-0.25, -0.2) is 0 Å². The van der Waals surface area contributed by atoms with Crippen LogP contribution in [-0.4, -0.2) is 19.2 Å². The summed E-state index contributed by atoms with van der Waals surface area (Å²) in [4.78, 5) is 0. The molecule has 1 aromatic carbocycles. The first kappa shape index (κ1) is 13.3. The molecule has 0 aliphatic rings. The standard InChI is InChI=1S/C13H20ClNO/c1-9(2)15-10(3)7-11-8-12(14)5-6-13(11)16-4/h5-6,8-10,15H,7H2,1-4H3. The molecule has 1 N–H and O–H groups in total. The maximum Gasteiger partial charge on any atom is 0.122 e. The number of hydrogen-bond donors (Lipinski definition) is 1. The Bertz CT molecular complexity index is 339. The molecule has 16 heavy (non-hydrogen) atoms. The maximum atomic E-state index is 5.99. The molecule has 0 aliphatic carbocycles. The van der Waals surface area contributed by atoms with Crippen LogP contribution in [0.25, 0.3) is 0 Å². The van der Waals surface area contributed by atoms with E-state index in [1.807, 2.05) is 18.2 Å². The van der Waals surface area contributed by atoms with Crippen LogP contribution in [-0.2, 0) is 6.42 Å². The van der Waals surface area contributed by atoms with Crippen molar-refractivity contribution in [3.8, 4) is 5.75 Å². The van der Waals surface area contributed by atoms with E-state index in [0.717, 1.165) is 22.8 Å². The van der Waals surface area contributed by atoms with Crippen LogP contribution >= 0.6 is 11.6 Å². The summed E-state index contributed by atoms with van der Waals surface area (Å²) in [6.45, 7) is 6.46. The van der Waals surface area contributed by atoms with Gasteiger partial charge in [-0.2, -0.15) is 0 Å². The minimum atomic E-state index is 0.410. The highest BCUT2D eigenvalue weighted by molar-refractivity contribution is 6.30. The molecule has 1 unspecified atom stereocenters. The first-order valence-electron chi connectivity index (χ1n) is 5.61. The van der Waals surface area contributed by atoms with Crippen LogP contribution in [0.5, 0.6) is 5.75 Å². The van der Waals surface area contributed by atoms with E-state index < -0.39 is 0 Å². The third-order valence-electron chi connectivity index (χ3n) is 2.39. The van der Waals surface area contributed by atoms with Crippen molar-refractivity contribution in [3.05, 3.63) is 28.8 Å². The normalized spacial score (nSPS) is 12.9. The van der Waals surface area contributed by atoms with Crippen molar-refractivity contribution in [1.82, 2.24) is 5.32 Å². The molecule has 0 spiro atoms. The number of hydrogen-bond acceptors (Lipinski definition) is 2. The Labute approximate surface area is 103 Å². The Morgan fingerprint density at radius 3 is 2.56 bits per heavy atom. The van der Waals surface area contributed by atoms with E-state index >= 15 is 0 Å². The van der Waals surface area contributed by atoms with Crippen molar-refractivity contribution in [2.45, 2.75) is 39.3 Å². The highest BCUT2D eigenvalue weighted by Crippen LogP contribution is 2.23. The summed E-state index contributed by atoms with van der Waals surface area (Å²) in [5, 5.41) is 4.22. The number of methoxy groups -OCH3 is 1. The molecule has 0 aliphatic heterocycles. The average Bonchev–Trinajstić information content (AvgIpc) is 2.16. The summed E-state index contributed by atoms with van der Waals surface area (Å²) in [7, 11) is 1.69. The van der Waals surface area contributed by atoms with E-state index in [0.29, 0.717) is 12.1 Å². The molecule has 0 saturated carbocycles. The van der Waals surface area contributed by atoms with Crippen molar-refractivity contribution in [1.29, 1.82) is 0 Å². The zero-order valence-electron chi connectivity index (χ0n) is 10.4. The van der Waals surface area contributed by atoms with E-state index in [2.05, 4.69) is 26.1 Å². The molecule has 1 atom stereocenters. The number of nitrogens with one attached hydrogen (secondary N) is 1. The van der Waals surface area contributed by atoms with Gasteiger partial charge in [-0.05, 0) is 37.1 Å². The second kappa shape index (κ2) is 6.12. The van der Waals surface area contributed by atoms with Crippen molar-refractivity contribution < 1.29 is 4.74 Å². The third-order valence-corrected chi connectivity index (χ3v) is 2.62. The van der Waals surface area contributed by atoms with Crippen molar-refractivity contribution in [3.63, 3.8) is 0 Å². The van der Waals surface area contributed by atoms with E-state index in [1.54, 1.807) is 7.11 Å². The van der Waals surface area contributed by atoms with Gasteiger partial charge >= 0.3 is 0 Å². The minimum absolute atomic E-state index is 0.410. The van der Waals surface area contributed by atoms with Crippen LogP contribution in [0.2, 0.25) is 5.02 Å². The van der Waals surface area contributed by atoms with Gasteiger partial charge in [0.05, 0.1) is 7.11 Å². The number of ether oxygens (including phenoxy) is 1. The van der Waals surface area contributed by atoms with Gasteiger partial charge in [0.25, 0.3) is 0 Å². The molecule has 0 radical (unpaired) electrons. The van der Waals surface area contributed by atoms with Crippen LogP contribution < -0.4 is 10.1 Å². The molecule has 0 fully saturated rings. The Morgan fingerprint density at radius 1 is 1.31 bits per heavy atom. The first-order chi connectivity index (χ1) is 7.52. The summed E-state index contributed by atoms with van der Waals surface area (Å²) < 4.78 is 5.32. The van der Waals surface area contributed by atoms with Crippen LogP contribution in [0.1, 0.15) is 26.3 Å². The fraction of sp³-hybridized carbons (Fsp3) is 0.538. The zero-order valence-corrected chi connectivity index (χ0v) is 11.1. The predicted molar refractivity (Wildman–Crippen MR) is 69.4 cm³/mol. The Kier molecular flexibility index (Phi) is 5.10. The van der Waals surface area contributed by atoms with Crippen LogP contribution in [0.15, 0.2) is 18.2 Å². The SMILES string of the molecule is COc1ccc(Cl)cc1CC(C)NC(C)C. The number of benzene rings is 1. The summed E-state index contributed by atoms with van der Waals surface area (Å²) in [6, 6.07) is 6.64. The molecule has 3 heteroatoms. The predicted octanol–water partition coefficient (Wildman–Crippen LogP) is 3.28. The molecule has 0 aromatic heterocycles. The molecular weight excluding hydrogens is 222 g/mol. The van der Waals surface area contributed by atoms with Gasteiger partial charge in [0, 0.05) is 17.1 Å². The molecule has 1 rings (SSSR count). The summed E-state index contributed by atoms with van der Waals surface area (Å²) in [5.41, 5.74) is 1.15. The molecule has 0 saturated heterocycles. The molecule has 1 aromatic rings. The molecule has 0 heterocycles. The van der Waals surface area contributed by atoms with Crippen molar-refractivity contribution in [2.75, 3.05) is 7.11 Å². The topological polar surface area (TPSA) is 21.3 Å². The van der Waals surface area contributed by atoms with Crippen LogP contribution in [0, 0.1) is 0 Å². The Balaban J connectivity index is 2.74. The summed E-state index contributed by atoms with van der Waals surface area (Å²) >= 11 is 5.99. The lowest BCUT2D eigenvalue weighted by Gasteiger charge is -2.18. The average molecular weight is 242 g/mol. The minimum Gasteiger partial charge on any atom is -0.496 e. The summed E-state index contributed by atoms with van der Waals surface area (Å²) in [6.07, 6.45) is 0.919. The van der Waals surface area contributed by atoms with Gasteiger partial charge in [0.2, 0.25) is 0 Å². The quantitative estimate of drug-likeness (QED) is 0.854. The zero-order chi connectivity index (χ0) is 12.1. The second-order valence-electron chi connectivity index (χ2n) is 4.38. The Hall–Kier alpha value is -0.730. The van der Waals surface area contributed by atoms with Gasteiger partial charge in [-0.1, -0.05) is 25.4 Å². The first-order valence-corrected chi connectivity index (χ1v) is 5.99. The van der Waals surface area contributed by atoms with E-state index in [-0.39, 0.29) is 0 Å². The van der Waals surface area contributed by atoms with Crippen molar-refractivity contribution >= 4 is 11.6 Å². The van der Waals surface area contributed by atoms with Crippen LogP contribution in [0.3, 0.4) is 0 Å². The lowest BCUT2D eigenvalue weighted by Crippen LogP contribution is -2.33. The highest BCUT2D eigenvalue weighted by Gasteiger charge is 2.09. The van der Waals surface area contributed by atoms with Gasteiger partial charge in [0.1, 0.15) is 5.75 Å². The smallest absolute Gasteiger partial charge is 0.122 e. The van der Waals surface area contributed by atoms with Crippen LogP contribution in [0.4, 0.5) is 0 Å². The van der Waals surface area contributed by atoms with E-state index in [1.165, 1.54) is 0 Å². The monoisotopic (exact) mass is 241 g/mol. The fourth-order valence-electron chi connectivity index (χ4n) is 1.86. The van der Waals surface area contributed by atoms with Gasteiger partial charge in [0.15, 0.2) is 0 Å². The second-order valence-corrected chi connectivity index (χ2v) is 4.82. The van der Waals surface area contributed by atoms with E-state index in [4.69, 9.17) is 16.3 Å². The molecule has 0 bridgehead atoms. The lowest BCUT2D eigenvalue weighted by atomic mass is 10.1. The van der Waals surface area contributed by atoms with Gasteiger partial charge in [-0.15, -0.1) is 0 Å². The molecule has 2 nitrogen and oxygen atoms in total. The lowest BCUT2D eigenvalue weighted by molar-refractivity contribution is 0.404. The highest BCUT2D eigenvalue weighted by atomic mass is 35.5. The largest absolute Gasteiger partial charge is 0.496 e.